The molecular weight excluding hydrogens is 366 g/mol. The van der Waals surface area contributed by atoms with E-state index in [1.807, 2.05) is 72.8 Å². The van der Waals surface area contributed by atoms with Crippen molar-refractivity contribution in [3.05, 3.63) is 95.7 Å². The maximum absolute atomic E-state index is 11.8. The van der Waals surface area contributed by atoms with Gasteiger partial charge in [-0.1, -0.05) is 48.5 Å². The van der Waals surface area contributed by atoms with Gasteiger partial charge in [-0.2, -0.15) is 0 Å². The van der Waals surface area contributed by atoms with Crippen molar-refractivity contribution < 1.29 is 19.4 Å². The molecule has 0 atom stereocenters. The summed E-state index contributed by atoms with van der Waals surface area (Å²) in [5.74, 6) is 0.136. The van der Waals surface area contributed by atoms with Crippen molar-refractivity contribution in [3.63, 3.8) is 0 Å². The summed E-state index contributed by atoms with van der Waals surface area (Å²) in [6, 6.07) is 24.6. The van der Waals surface area contributed by atoms with Crippen LogP contribution in [0.25, 0.3) is 10.9 Å². The fourth-order valence-electron chi connectivity index (χ4n) is 3.41. The van der Waals surface area contributed by atoms with Crippen molar-refractivity contribution in [1.82, 2.24) is 4.57 Å². The molecular formula is C24H20NO4-. The molecule has 29 heavy (non-hydrogen) atoms. The van der Waals surface area contributed by atoms with Gasteiger partial charge in [0.1, 0.15) is 18.1 Å². The third-order valence-corrected chi connectivity index (χ3v) is 4.83. The molecule has 3 aromatic carbocycles. The molecule has 0 radical (unpaired) electrons. The minimum atomic E-state index is -1.22. The topological polar surface area (TPSA) is 63.5 Å². The van der Waals surface area contributed by atoms with Gasteiger partial charge in [0.2, 0.25) is 0 Å². The lowest BCUT2D eigenvalue weighted by Crippen LogP contribution is -2.25. The standard InChI is InChI=1S/C24H21NO4/c1-28-19-10-5-9-18(13-19)15-25-21-11-6-12-23(20(21)14-22(25)24(26)27)29-16-17-7-3-2-4-8-17/h2-14H,15-16H2,1H3,(H,26,27)/p-1. The molecule has 4 aromatic rings. The Hall–Kier alpha value is -3.73. The molecule has 5 nitrogen and oxygen atoms in total. The van der Waals surface area contributed by atoms with E-state index in [0.717, 1.165) is 27.8 Å². The van der Waals surface area contributed by atoms with E-state index in [9.17, 15) is 9.90 Å². The van der Waals surface area contributed by atoms with E-state index in [4.69, 9.17) is 9.47 Å². The van der Waals surface area contributed by atoms with Gasteiger partial charge in [-0.25, -0.2) is 0 Å². The number of benzene rings is 3. The molecule has 4 rings (SSSR count). The third kappa shape index (κ3) is 3.94. The zero-order valence-electron chi connectivity index (χ0n) is 16.0. The fourth-order valence-corrected chi connectivity index (χ4v) is 3.41. The van der Waals surface area contributed by atoms with Crippen molar-refractivity contribution in [2.45, 2.75) is 13.2 Å². The van der Waals surface area contributed by atoms with Gasteiger partial charge in [0.25, 0.3) is 0 Å². The van der Waals surface area contributed by atoms with Crippen LogP contribution in [0.2, 0.25) is 0 Å². The molecule has 0 aliphatic carbocycles. The molecule has 0 saturated carbocycles. The van der Waals surface area contributed by atoms with Crippen LogP contribution in [0.1, 0.15) is 21.6 Å². The van der Waals surface area contributed by atoms with Gasteiger partial charge in [-0.3, -0.25) is 0 Å². The van der Waals surface area contributed by atoms with E-state index >= 15 is 0 Å². The largest absolute Gasteiger partial charge is 0.543 e. The first-order chi connectivity index (χ1) is 14.2. The molecule has 1 heterocycles. The second-order valence-electron chi connectivity index (χ2n) is 6.72. The van der Waals surface area contributed by atoms with Gasteiger partial charge in [0.15, 0.2) is 0 Å². The lowest BCUT2D eigenvalue weighted by atomic mass is 10.2. The van der Waals surface area contributed by atoms with Crippen molar-refractivity contribution in [3.8, 4) is 11.5 Å². The van der Waals surface area contributed by atoms with E-state index in [0.29, 0.717) is 18.9 Å². The quantitative estimate of drug-likeness (QED) is 0.486. The minimum Gasteiger partial charge on any atom is -0.543 e. The number of hydrogen-bond acceptors (Lipinski definition) is 4. The van der Waals surface area contributed by atoms with Crippen LogP contribution in [0.4, 0.5) is 0 Å². The Morgan fingerprint density at radius 1 is 0.931 bits per heavy atom. The first-order valence-corrected chi connectivity index (χ1v) is 9.29. The average Bonchev–Trinajstić information content (AvgIpc) is 3.12. The van der Waals surface area contributed by atoms with Crippen LogP contribution in [0, 0.1) is 0 Å². The fraction of sp³-hybridized carbons (Fsp3) is 0.125. The highest BCUT2D eigenvalue weighted by atomic mass is 16.5. The van der Waals surface area contributed by atoms with Gasteiger partial charge in [-0.15, -0.1) is 0 Å². The number of methoxy groups -OCH3 is 1. The van der Waals surface area contributed by atoms with Crippen LogP contribution in [-0.4, -0.2) is 17.6 Å². The summed E-state index contributed by atoms with van der Waals surface area (Å²) >= 11 is 0. The zero-order valence-corrected chi connectivity index (χ0v) is 16.0. The Balaban J connectivity index is 1.72. The van der Waals surface area contributed by atoms with Crippen LogP contribution >= 0.6 is 0 Å². The highest BCUT2D eigenvalue weighted by Gasteiger charge is 2.14. The number of hydrogen-bond donors (Lipinski definition) is 0. The first-order valence-electron chi connectivity index (χ1n) is 9.29. The van der Waals surface area contributed by atoms with Gasteiger partial charge in [0, 0.05) is 11.9 Å². The summed E-state index contributed by atoms with van der Waals surface area (Å²) in [5.41, 5.74) is 2.86. The number of carboxylic acids is 1. The summed E-state index contributed by atoms with van der Waals surface area (Å²) in [7, 11) is 1.60. The van der Waals surface area contributed by atoms with Crippen molar-refractivity contribution in [2.24, 2.45) is 0 Å². The van der Waals surface area contributed by atoms with Gasteiger partial charge in [0.05, 0.1) is 24.3 Å². The number of carbonyl (C=O) groups excluding carboxylic acids is 1. The zero-order chi connectivity index (χ0) is 20.2. The summed E-state index contributed by atoms with van der Waals surface area (Å²) in [4.78, 5) is 11.8. The molecule has 0 unspecified atom stereocenters. The molecule has 0 amide bonds. The summed E-state index contributed by atoms with van der Waals surface area (Å²) < 4.78 is 13.0. The van der Waals surface area contributed by atoms with Crippen LogP contribution in [-0.2, 0) is 13.2 Å². The Morgan fingerprint density at radius 2 is 1.69 bits per heavy atom. The van der Waals surface area contributed by atoms with E-state index in [-0.39, 0.29) is 5.69 Å². The van der Waals surface area contributed by atoms with Crippen LogP contribution < -0.4 is 14.6 Å². The number of nitrogens with zero attached hydrogens (tertiary/aromatic N) is 1. The molecule has 1 aromatic heterocycles. The predicted octanol–water partition coefficient (Wildman–Crippen LogP) is 3.64. The smallest absolute Gasteiger partial charge is 0.129 e. The molecule has 146 valence electrons. The SMILES string of the molecule is COc1cccc(Cn2c(C(=O)[O-])cc3c(OCc4ccccc4)cccc32)c1. The molecule has 0 saturated heterocycles. The van der Waals surface area contributed by atoms with E-state index in [2.05, 4.69) is 0 Å². The lowest BCUT2D eigenvalue weighted by molar-refractivity contribution is -0.255. The van der Waals surface area contributed by atoms with Crippen molar-refractivity contribution in [2.75, 3.05) is 7.11 Å². The second kappa shape index (κ2) is 8.10. The molecule has 0 bridgehead atoms. The Kier molecular flexibility index (Phi) is 5.20. The maximum Gasteiger partial charge on any atom is 0.129 e. The highest BCUT2D eigenvalue weighted by Crippen LogP contribution is 2.30. The number of ether oxygens (including phenoxy) is 2. The average molecular weight is 386 g/mol. The monoisotopic (exact) mass is 386 g/mol. The second-order valence-corrected chi connectivity index (χ2v) is 6.72. The molecule has 5 heteroatoms. The van der Waals surface area contributed by atoms with Gasteiger partial charge >= 0.3 is 0 Å². The Bertz CT molecular complexity index is 1150. The van der Waals surface area contributed by atoms with E-state index < -0.39 is 5.97 Å². The number of rotatable bonds is 7. The highest BCUT2D eigenvalue weighted by molar-refractivity contribution is 5.96. The Morgan fingerprint density at radius 3 is 2.45 bits per heavy atom. The number of aromatic nitrogens is 1. The van der Waals surface area contributed by atoms with Crippen LogP contribution in [0.3, 0.4) is 0 Å². The van der Waals surface area contributed by atoms with E-state index in [1.54, 1.807) is 17.7 Å². The number of carboxylic acid groups (broad SMARTS) is 1. The van der Waals surface area contributed by atoms with Crippen LogP contribution in [0.5, 0.6) is 11.5 Å². The Labute approximate surface area is 168 Å². The molecule has 0 aliphatic rings. The summed E-state index contributed by atoms with van der Waals surface area (Å²) in [5, 5.41) is 12.5. The van der Waals surface area contributed by atoms with Gasteiger partial charge in [-0.05, 0) is 41.5 Å². The minimum absolute atomic E-state index is 0.110. The third-order valence-electron chi connectivity index (χ3n) is 4.83. The van der Waals surface area contributed by atoms with Crippen molar-refractivity contribution >= 4 is 16.9 Å². The molecule has 0 spiro atoms. The maximum atomic E-state index is 11.8. The van der Waals surface area contributed by atoms with E-state index in [1.165, 1.54) is 0 Å². The van der Waals surface area contributed by atoms with Gasteiger partial charge < -0.3 is 23.9 Å². The molecule has 0 fully saturated rings. The number of aromatic carboxylic acids is 1. The normalized spacial score (nSPS) is 10.8. The number of fused-ring (bicyclic) bond motifs is 1. The van der Waals surface area contributed by atoms with Crippen LogP contribution in [0.15, 0.2) is 78.9 Å². The lowest BCUT2D eigenvalue weighted by Gasteiger charge is -2.13. The van der Waals surface area contributed by atoms with Crippen molar-refractivity contribution in [1.29, 1.82) is 0 Å². The first kappa shape index (κ1) is 18.6. The summed E-state index contributed by atoms with van der Waals surface area (Å²) in [6.45, 7) is 0.786. The number of carbonyl (C=O) groups is 1. The molecule has 0 N–H and O–H groups in total. The predicted molar refractivity (Wildman–Crippen MR) is 109 cm³/mol. The molecule has 0 aliphatic heterocycles. The summed E-state index contributed by atoms with van der Waals surface area (Å²) in [6.07, 6.45) is 0.